The summed E-state index contributed by atoms with van der Waals surface area (Å²) in [5, 5.41) is 0. The lowest BCUT2D eigenvalue weighted by molar-refractivity contribution is -0.240. The Labute approximate surface area is 132 Å². The van der Waals surface area contributed by atoms with Gasteiger partial charge >= 0.3 is 5.97 Å². The topological polar surface area (TPSA) is 44.8 Å². The molecule has 4 nitrogen and oxygen atoms in total. The van der Waals surface area contributed by atoms with Crippen LogP contribution >= 0.6 is 0 Å². The number of unbranched alkanes of at least 4 members (excludes halogenated alkanes) is 1. The molecule has 0 aromatic heterocycles. The molecule has 2 rings (SSSR count). The third kappa shape index (κ3) is 4.73. The lowest BCUT2D eigenvalue weighted by atomic mass is 9.84. The molecular weight excluding hydrogens is 280 g/mol. The molecule has 1 aliphatic rings. The standard InChI is InChI=1S/C18H25O4/c1-3-4-7-14-10-12-15(13-11-14)21-22-18(19)16-8-5-6-9-17(16)20-2/h5-6,8-9,14H,3-4,7,10-13H2,1-2H3. The van der Waals surface area contributed by atoms with E-state index in [1.54, 1.807) is 18.2 Å². The maximum Gasteiger partial charge on any atom is 0.376 e. The number of methoxy groups -OCH3 is 1. The highest BCUT2D eigenvalue weighted by atomic mass is 17.2. The Morgan fingerprint density at radius 3 is 2.64 bits per heavy atom. The molecule has 121 valence electrons. The molecule has 4 heteroatoms. The van der Waals surface area contributed by atoms with Gasteiger partial charge in [0.05, 0.1) is 7.11 Å². The molecule has 1 aromatic carbocycles. The largest absolute Gasteiger partial charge is 0.496 e. The van der Waals surface area contributed by atoms with E-state index in [9.17, 15) is 4.79 Å². The summed E-state index contributed by atoms with van der Waals surface area (Å²) in [6, 6.07) is 6.97. The molecule has 22 heavy (non-hydrogen) atoms. The number of para-hydroxylation sites is 1. The molecule has 0 bridgehead atoms. The van der Waals surface area contributed by atoms with Crippen molar-refractivity contribution in [2.24, 2.45) is 5.92 Å². The second-order valence-electron chi connectivity index (χ2n) is 5.78. The van der Waals surface area contributed by atoms with Crippen molar-refractivity contribution in [2.45, 2.75) is 51.9 Å². The molecule has 1 fully saturated rings. The van der Waals surface area contributed by atoms with Gasteiger partial charge in [-0.25, -0.2) is 4.79 Å². The van der Waals surface area contributed by atoms with Crippen LogP contribution in [0.15, 0.2) is 24.3 Å². The molecule has 1 aromatic rings. The number of ether oxygens (including phenoxy) is 1. The number of carbonyl (C=O) groups excluding carboxylic acids is 1. The lowest BCUT2D eigenvalue weighted by Gasteiger charge is -2.26. The van der Waals surface area contributed by atoms with Crippen molar-refractivity contribution in [3.63, 3.8) is 0 Å². The van der Waals surface area contributed by atoms with E-state index in [-0.39, 0.29) is 0 Å². The van der Waals surface area contributed by atoms with Crippen molar-refractivity contribution in [1.29, 1.82) is 0 Å². The lowest BCUT2D eigenvalue weighted by Crippen LogP contribution is -2.17. The second kappa shape index (κ2) is 8.79. The summed E-state index contributed by atoms with van der Waals surface area (Å²) in [6.45, 7) is 2.22. The van der Waals surface area contributed by atoms with Crippen molar-refractivity contribution in [1.82, 2.24) is 0 Å². The van der Waals surface area contributed by atoms with E-state index in [2.05, 4.69) is 6.92 Å². The Morgan fingerprint density at radius 2 is 1.95 bits per heavy atom. The van der Waals surface area contributed by atoms with Gasteiger partial charge in [0.25, 0.3) is 0 Å². The van der Waals surface area contributed by atoms with Gasteiger partial charge in [-0.3, -0.25) is 4.89 Å². The van der Waals surface area contributed by atoms with Gasteiger partial charge in [-0.05, 0) is 43.7 Å². The average Bonchev–Trinajstić information content (AvgIpc) is 2.58. The van der Waals surface area contributed by atoms with Crippen molar-refractivity contribution in [3.8, 4) is 5.75 Å². The predicted molar refractivity (Wildman–Crippen MR) is 84.2 cm³/mol. The van der Waals surface area contributed by atoms with E-state index in [4.69, 9.17) is 14.5 Å². The van der Waals surface area contributed by atoms with Crippen LogP contribution in [-0.4, -0.2) is 13.1 Å². The molecule has 0 atom stereocenters. The number of benzene rings is 1. The first kappa shape index (κ1) is 16.8. The van der Waals surface area contributed by atoms with Crippen LogP contribution in [0.2, 0.25) is 0 Å². The molecule has 0 unspecified atom stereocenters. The summed E-state index contributed by atoms with van der Waals surface area (Å²) in [4.78, 5) is 22.3. The van der Waals surface area contributed by atoms with Crippen LogP contribution in [0.5, 0.6) is 5.75 Å². The normalized spacial score (nSPS) is 16.5. The van der Waals surface area contributed by atoms with E-state index in [0.29, 0.717) is 11.3 Å². The highest BCUT2D eigenvalue weighted by Crippen LogP contribution is 2.34. The number of carbonyl (C=O) groups is 1. The van der Waals surface area contributed by atoms with Gasteiger partial charge in [0.2, 0.25) is 0 Å². The molecule has 0 N–H and O–H groups in total. The molecule has 0 amide bonds. The fraction of sp³-hybridized carbons (Fsp3) is 0.556. The van der Waals surface area contributed by atoms with Crippen LogP contribution in [0, 0.1) is 12.0 Å². The minimum atomic E-state index is -0.516. The highest BCUT2D eigenvalue weighted by Gasteiger charge is 2.25. The monoisotopic (exact) mass is 305 g/mol. The Hall–Kier alpha value is -1.55. The molecular formula is C18H25O4. The number of rotatable bonds is 7. The van der Waals surface area contributed by atoms with Crippen molar-refractivity contribution >= 4 is 5.97 Å². The van der Waals surface area contributed by atoms with Crippen LogP contribution < -0.4 is 4.74 Å². The van der Waals surface area contributed by atoms with Crippen LogP contribution in [-0.2, 0) is 9.78 Å². The minimum absolute atomic E-state index is 0.377. The third-order valence-electron chi connectivity index (χ3n) is 4.19. The van der Waals surface area contributed by atoms with Gasteiger partial charge in [-0.2, -0.15) is 4.89 Å². The SMILES string of the molecule is CCCCC1CC[C](OOC(=O)c2ccccc2OC)CC1. The van der Waals surface area contributed by atoms with Crippen LogP contribution in [0.1, 0.15) is 62.2 Å². The van der Waals surface area contributed by atoms with Gasteiger partial charge in [-0.1, -0.05) is 38.3 Å². The van der Waals surface area contributed by atoms with Crippen molar-refractivity contribution < 1.29 is 19.3 Å². The van der Waals surface area contributed by atoms with Gasteiger partial charge in [-0.15, -0.1) is 0 Å². The zero-order valence-electron chi connectivity index (χ0n) is 13.5. The second-order valence-corrected chi connectivity index (χ2v) is 5.78. The molecule has 0 spiro atoms. The number of hydrogen-bond donors (Lipinski definition) is 0. The van der Waals surface area contributed by atoms with Crippen LogP contribution in [0.25, 0.3) is 0 Å². The third-order valence-corrected chi connectivity index (χ3v) is 4.19. The van der Waals surface area contributed by atoms with Gasteiger partial charge in [0.1, 0.15) is 17.4 Å². The highest BCUT2D eigenvalue weighted by molar-refractivity contribution is 5.92. The van der Waals surface area contributed by atoms with Crippen molar-refractivity contribution in [3.05, 3.63) is 35.9 Å². The first-order valence-electron chi connectivity index (χ1n) is 8.11. The van der Waals surface area contributed by atoms with E-state index < -0.39 is 5.97 Å². The summed E-state index contributed by atoms with van der Waals surface area (Å²) >= 11 is 0. The molecule has 1 radical (unpaired) electrons. The summed E-state index contributed by atoms with van der Waals surface area (Å²) in [5.74, 6) is 0.764. The van der Waals surface area contributed by atoms with E-state index in [0.717, 1.165) is 37.7 Å². The van der Waals surface area contributed by atoms with Gasteiger partial charge < -0.3 is 4.74 Å². The zero-order valence-corrected chi connectivity index (χ0v) is 13.5. The number of hydrogen-bond acceptors (Lipinski definition) is 4. The van der Waals surface area contributed by atoms with E-state index in [1.807, 2.05) is 6.07 Å². The summed E-state index contributed by atoms with van der Waals surface area (Å²) < 4.78 is 5.15. The van der Waals surface area contributed by atoms with Crippen LogP contribution in [0.4, 0.5) is 0 Å². The molecule has 1 aliphatic carbocycles. The predicted octanol–water partition coefficient (Wildman–Crippen LogP) is 4.70. The Balaban J connectivity index is 1.76. The fourth-order valence-corrected chi connectivity index (χ4v) is 2.82. The van der Waals surface area contributed by atoms with Gasteiger partial charge in [0.15, 0.2) is 0 Å². The summed E-state index contributed by atoms with van der Waals surface area (Å²) in [5.41, 5.74) is 0.377. The Bertz CT molecular complexity index is 464. The van der Waals surface area contributed by atoms with Gasteiger partial charge in [0, 0.05) is 0 Å². The molecule has 0 aliphatic heterocycles. The Kier molecular flexibility index (Phi) is 6.72. The summed E-state index contributed by atoms with van der Waals surface area (Å²) in [6.07, 6.45) is 8.73. The van der Waals surface area contributed by atoms with E-state index >= 15 is 0 Å². The smallest absolute Gasteiger partial charge is 0.376 e. The molecule has 0 heterocycles. The maximum absolute atomic E-state index is 12.0. The average molecular weight is 305 g/mol. The minimum Gasteiger partial charge on any atom is -0.496 e. The zero-order chi connectivity index (χ0) is 15.8. The summed E-state index contributed by atoms with van der Waals surface area (Å²) in [7, 11) is 1.53. The van der Waals surface area contributed by atoms with Crippen molar-refractivity contribution in [2.75, 3.05) is 7.11 Å². The molecule has 1 saturated carbocycles. The molecule has 0 saturated heterocycles. The first-order chi connectivity index (χ1) is 10.7. The quantitative estimate of drug-likeness (QED) is 0.541. The van der Waals surface area contributed by atoms with Crippen LogP contribution in [0.3, 0.4) is 0 Å². The Morgan fingerprint density at radius 1 is 1.23 bits per heavy atom. The maximum atomic E-state index is 12.0. The first-order valence-corrected chi connectivity index (χ1v) is 8.11. The fourth-order valence-electron chi connectivity index (χ4n) is 2.82. The van der Waals surface area contributed by atoms with E-state index in [1.165, 1.54) is 26.4 Å².